The molecule has 0 unspecified atom stereocenters. The third kappa shape index (κ3) is 55.6. The number of thioether (sulfide) groups is 2. The van der Waals surface area contributed by atoms with E-state index in [0.29, 0.717) is 0 Å². The Bertz CT molecular complexity index is 584. The quantitative estimate of drug-likeness (QED) is 0.0242. The summed E-state index contributed by atoms with van der Waals surface area (Å²) in [6, 6.07) is 0. The molecule has 0 aliphatic heterocycles. The first-order chi connectivity index (χ1) is 22.9. The smallest absolute Gasteiger partial charge is 0.326 e. The molecule has 7 nitrogen and oxygen atoms in total. The van der Waals surface area contributed by atoms with E-state index < -0.39 is 8.60 Å². The lowest BCUT2D eigenvalue weighted by Crippen LogP contribution is -2.06. The lowest BCUT2D eigenvalue weighted by atomic mass is 10.0. The molecule has 0 atom stereocenters. The molecule has 0 aromatic heterocycles. The van der Waals surface area contributed by atoms with E-state index in [2.05, 4.69) is 28.4 Å². The SMILES string of the molecule is CCCCCCCCCCCCCCCCN=C(N)SC.CCCCCCCCCCCCCCCCN=C(N)SC.COP(O)O. The first kappa shape index (κ1) is 51.3. The molecule has 0 bridgehead atoms. The number of hydrogen-bond donors (Lipinski definition) is 4. The Hall–Kier alpha value is -0.0500. The molecule has 0 rings (SSSR count). The molecule has 10 heteroatoms. The van der Waals surface area contributed by atoms with Gasteiger partial charge in [0, 0.05) is 20.2 Å². The van der Waals surface area contributed by atoms with E-state index in [1.807, 2.05) is 12.5 Å². The van der Waals surface area contributed by atoms with Crippen molar-refractivity contribution in [2.75, 3.05) is 32.7 Å². The molecule has 284 valence electrons. The predicted molar refractivity (Wildman–Crippen MR) is 219 cm³/mol. The maximum absolute atomic E-state index is 7.76. The highest BCUT2D eigenvalue weighted by Gasteiger charge is 1.96. The highest BCUT2D eigenvalue weighted by molar-refractivity contribution is 8.13. The van der Waals surface area contributed by atoms with Gasteiger partial charge in [0.1, 0.15) is 0 Å². The fraction of sp³-hybridized carbons (Fsp3) is 0.946. The summed E-state index contributed by atoms with van der Waals surface area (Å²) in [5, 5.41) is 1.45. The topological polar surface area (TPSA) is 126 Å². The van der Waals surface area contributed by atoms with Gasteiger partial charge in [-0.25, -0.2) is 0 Å². The van der Waals surface area contributed by atoms with E-state index in [4.69, 9.17) is 21.3 Å². The monoisotopic (exact) mass is 725 g/mol. The summed E-state index contributed by atoms with van der Waals surface area (Å²) in [5.41, 5.74) is 11.3. The van der Waals surface area contributed by atoms with Crippen molar-refractivity contribution in [1.29, 1.82) is 0 Å². The van der Waals surface area contributed by atoms with Crippen LogP contribution in [-0.4, -0.2) is 52.8 Å². The van der Waals surface area contributed by atoms with Crippen molar-refractivity contribution < 1.29 is 14.3 Å². The summed E-state index contributed by atoms with van der Waals surface area (Å²) < 4.78 is 3.93. The summed E-state index contributed by atoms with van der Waals surface area (Å²) in [6.07, 6.45) is 43.2. The van der Waals surface area contributed by atoms with Crippen LogP contribution in [0.25, 0.3) is 0 Å². The van der Waals surface area contributed by atoms with Gasteiger partial charge in [-0.1, -0.05) is 204 Å². The number of rotatable bonds is 31. The second kappa shape index (κ2) is 48.1. The van der Waals surface area contributed by atoms with E-state index in [0.717, 1.165) is 23.4 Å². The molecule has 0 saturated heterocycles. The average molecular weight is 725 g/mol. The van der Waals surface area contributed by atoms with Gasteiger partial charge in [0.05, 0.1) is 0 Å². The van der Waals surface area contributed by atoms with Gasteiger partial charge in [0.15, 0.2) is 10.3 Å². The second-order valence-electron chi connectivity index (χ2n) is 12.5. The fourth-order valence-corrected chi connectivity index (χ4v) is 5.56. The number of nitrogens with zero attached hydrogens (tertiary/aromatic N) is 2. The standard InChI is InChI=1S/2C18H38N2S.CH5O3P/c2*1-3-4-5-6-7-8-9-10-11-12-13-14-15-16-17-20-18(19)21-2;1-4-5(2)3/h2*3-17H2,1-2H3,(H2,19,20);2-3H,1H3. The molecule has 47 heavy (non-hydrogen) atoms. The lowest BCUT2D eigenvalue weighted by molar-refractivity contribution is 0.310. The Balaban J connectivity index is -0.000000719. The second-order valence-corrected chi connectivity index (χ2v) is 15.0. The Labute approximate surface area is 303 Å². The van der Waals surface area contributed by atoms with E-state index >= 15 is 0 Å². The highest BCUT2D eigenvalue weighted by Crippen LogP contribution is 2.21. The van der Waals surface area contributed by atoms with Crippen molar-refractivity contribution in [3.8, 4) is 0 Å². The molecule has 0 aliphatic carbocycles. The van der Waals surface area contributed by atoms with Crippen LogP contribution >= 0.6 is 32.1 Å². The summed E-state index contributed by atoms with van der Waals surface area (Å²) >= 11 is 3.08. The van der Waals surface area contributed by atoms with E-state index in [1.165, 1.54) is 210 Å². The van der Waals surface area contributed by atoms with Gasteiger partial charge in [-0.05, 0) is 25.4 Å². The van der Waals surface area contributed by atoms with Gasteiger partial charge in [-0.3, -0.25) is 9.98 Å². The minimum Gasteiger partial charge on any atom is -0.379 e. The number of unbranched alkanes of at least 4 members (excludes halogenated alkanes) is 26. The Morgan fingerprint density at radius 1 is 0.468 bits per heavy atom. The van der Waals surface area contributed by atoms with Crippen molar-refractivity contribution >= 4 is 42.5 Å². The number of aliphatic imine (C=N–C) groups is 2. The first-order valence-corrected chi connectivity index (χ1v) is 22.9. The van der Waals surface area contributed by atoms with Crippen LogP contribution in [0.15, 0.2) is 9.98 Å². The molecule has 0 aromatic rings. The normalized spacial score (nSPS) is 11.7. The summed E-state index contributed by atoms with van der Waals surface area (Å²) in [7, 11) is -0.870. The summed E-state index contributed by atoms with van der Waals surface area (Å²) in [4.78, 5) is 24.1. The number of amidine groups is 2. The van der Waals surface area contributed by atoms with Gasteiger partial charge in [-0.2, -0.15) is 0 Å². The predicted octanol–water partition coefficient (Wildman–Crippen LogP) is 12.1. The summed E-state index contributed by atoms with van der Waals surface area (Å²) in [6.45, 7) is 6.38. The largest absolute Gasteiger partial charge is 0.379 e. The molecule has 0 aliphatic rings. The van der Waals surface area contributed by atoms with Crippen molar-refractivity contribution in [1.82, 2.24) is 0 Å². The van der Waals surface area contributed by atoms with E-state index in [-0.39, 0.29) is 0 Å². The minimum absolute atomic E-state index is 0.727. The molecule has 0 fully saturated rings. The van der Waals surface area contributed by atoms with Crippen LogP contribution in [-0.2, 0) is 4.52 Å². The maximum atomic E-state index is 7.76. The van der Waals surface area contributed by atoms with Crippen molar-refractivity contribution in [3.63, 3.8) is 0 Å². The van der Waals surface area contributed by atoms with Gasteiger partial charge in [0.25, 0.3) is 0 Å². The molecule has 0 heterocycles. The van der Waals surface area contributed by atoms with Gasteiger partial charge < -0.3 is 25.8 Å². The third-order valence-corrected chi connectivity index (χ3v) is 9.56. The van der Waals surface area contributed by atoms with Crippen LogP contribution < -0.4 is 11.5 Å². The third-order valence-electron chi connectivity index (χ3n) is 8.14. The van der Waals surface area contributed by atoms with Crippen LogP contribution in [0.3, 0.4) is 0 Å². The lowest BCUT2D eigenvalue weighted by Gasteiger charge is -2.03. The van der Waals surface area contributed by atoms with Crippen LogP contribution in [0.4, 0.5) is 0 Å². The summed E-state index contributed by atoms with van der Waals surface area (Å²) in [5.74, 6) is 0. The van der Waals surface area contributed by atoms with Crippen molar-refractivity contribution in [3.05, 3.63) is 0 Å². The fourth-order valence-electron chi connectivity index (χ4n) is 5.12. The zero-order chi connectivity index (χ0) is 35.5. The van der Waals surface area contributed by atoms with Gasteiger partial charge >= 0.3 is 8.60 Å². The molecular weight excluding hydrogens is 644 g/mol. The van der Waals surface area contributed by atoms with E-state index in [1.54, 1.807) is 0 Å². The molecule has 0 amide bonds. The van der Waals surface area contributed by atoms with Crippen molar-refractivity contribution in [2.45, 2.75) is 194 Å². The zero-order valence-corrected chi connectivity index (χ0v) is 34.4. The first-order valence-electron chi connectivity index (χ1n) is 19.3. The molecular formula is C37H81N4O3PS2. The van der Waals surface area contributed by atoms with Gasteiger partial charge in [-0.15, -0.1) is 0 Å². The average Bonchev–Trinajstić information content (AvgIpc) is 3.08. The molecule has 0 aromatic carbocycles. The number of nitrogens with two attached hydrogens (primary N) is 2. The molecule has 0 spiro atoms. The van der Waals surface area contributed by atoms with Crippen LogP contribution in [0.1, 0.15) is 194 Å². The number of hydrogen-bond acceptors (Lipinski definition) is 7. The zero-order valence-electron chi connectivity index (χ0n) is 31.8. The molecule has 0 radical (unpaired) electrons. The van der Waals surface area contributed by atoms with Crippen LogP contribution in [0.5, 0.6) is 0 Å². The Kier molecular flexibility index (Phi) is 52.5. The van der Waals surface area contributed by atoms with Crippen LogP contribution in [0, 0.1) is 0 Å². The van der Waals surface area contributed by atoms with Crippen LogP contribution in [0.2, 0.25) is 0 Å². The molecule has 0 saturated carbocycles. The highest BCUT2D eigenvalue weighted by atomic mass is 32.2. The maximum Gasteiger partial charge on any atom is 0.326 e. The molecule has 6 N–H and O–H groups in total. The Morgan fingerprint density at radius 2 is 0.660 bits per heavy atom. The van der Waals surface area contributed by atoms with Gasteiger partial charge in [0.2, 0.25) is 0 Å². The van der Waals surface area contributed by atoms with Crippen molar-refractivity contribution in [2.24, 2.45) is 21.5 Å². The Morgan fingerprint density at radius 3 is 0.830 bits per heavy atom. The van der Waals surface area contributed by atoms with E-state index in [9.17, 15) is 0 Å². The minimum atomic E-state index is -2.10.